The second kappa shape index (κ2) is 8.24. The second-order valence-corrected chi connectivity index (χ2v) is 6.82. The molecule has 6 nitrogen and oxygen atoms in total. The number of amides is 1. The molecule has 1 aromatic carbocycles. The van der Waals surface area contributed by atoms with Gasteiger partial charge in [-0.05, 0) is 36.8 Å². The van der Waals surface area contributed by atoms with Crippen LogP contribution in [0, 0.1) is 15.5 Å². The van der Waals surface area contributed by atoms with E-state index in [4.69, 9.17) is 5.73 Å². The third kappa shape index (κ3) is 4.54. The zero-order valence-corrected chi connectivity index (χ0v) is 14.3. The summed E-state index contributed by atoms with van der Waals surface area (Å²) in [5.41, 5.74) is 6.70. The molecule has 6 heteroatoms. The van der Waals surface area contributed by atoms with Gasteiger partial charge in [0.15, 0.2) is 0 Å². The van der Waals surface area contributed by atoms with Crippen LogP contribution in [0.1, 0.15) is 63.5 Å². The summed E-state index contributed by atoms with van der Waals surface area (Å²) in [6.07, 6.45) is 6.61. The molecular weight excluding hydrogens is 306 g/mol. The molecule has 1 aliphatic rings. The van der Waals surface area contributed by atoms with Gasteiger partial charge in [-0.1, -0.05) is 38.3 Å². The van der Waals surface area contributed by atoms with Gasteiger partial charge in [-0.2, -0.15) is 0 Å². The van der Waals surface area contributed by atoms with Gasteiger partial charge >= 0.3 is 0 Å². The number of hydrogen-bond acceptors (Lipinski definition) is 4. The van der Waals surface area contributed by atoms with E-state index in [9.17, 15) is 14.9 Å². The molecule has 0 spiro atoms. The fraction of sp³-hybridized carbons (Fsp3) is 0.611. The number of carbonyl (C=O) groups is 1. The number of hydrogen-bond donors (Lipinski definition) is 2. The zero-order chi connectivity index (χ0) is 17.6. The van der Waals surface area contributed by atoms with E-state index in [1.807, 2.05) is 13.0 Å². The number of nitrogens with two attached hydrogens (primary N) is 1. The quantitative estimate of drug-likeness (QED) is 0.589. The van der Waals surface area contributed by atoms with E-state index in [-0.39, 0.29) is 23.1 Å². The van der Waals surface area contributed by atoms with Crippen LogP contribution >= 0.6 is 0 Å². The predicted octanol–water partition coefficient (Wildman–Crippen LogP) is 3.46. The molecule has 0 radical (unpaired) electrons. The van der Waals surface area contributed by atoms with Crippen molar-refractivity contribution in [2.24, 2.45) is 11.1 Å². The fourth-order valence-corrected chi connectivity index (χ4v) is 3.62. The standard InChI is InChI=1S/C18H27N3O3/c1-2-16(14-7-6-8-15(11-14)21(23)24)20-17(22)12-18(13-19)9-4-3-5-10-18/h6-8,11,16H,2-5,9-10,12-13,19H2,1H3,(H,20,22). The predicted molar refractivity (Wildman–Crippen MR) is 93.5 cm³/mol. The summed E-state index contributed by atoms with van der Waals surface area (Å²) in [5.74, 6) is -0.0132. The Morgan fingerprint density at radius 3 is 2.67 bits per heavy atom. The SMILES string of the molecule is CCC(NC(=O)CC1(CN)CCCCC1)c1cccc([N+](=O)[O-])c1. The average molecular weight is 333 g/mol. The van der Waals surface area contributed by atoms with E-state index < -0.39 is 4.92 Å². The highest BCUT2D eigenvalue weighted by Crippen LogP contribution is 2.38. The van der Waals surface area contributed by atoms with Gasteiger partial charge in [0, 0.05) is 18.6 Å². The number of nitrogens with one attached hydrogen (secondary N) is 1. The number of benzene rings is 1. The number of non-ortho nitro benzene ring substituents is 1. The lowest BCUT2D eigenvalue weighted by atomic mass is 9.71. The lowest BCUT2D eigenvalue weighted by molar-refractivity contribution is -0.384. The molecule has 3 N–H and O–H groups in total. The van der Waals surface area contributed by atoms with Crippen LogP contribution in [0.4, 0.5) is 5.69 Å². The highest BCUT2D eigenvalue weighted by Gasteiger charge is 2.33. The lowest BCUT2D eigenvalue weighted by Crippen LogP contribution is -2.39. The van der Waals surface area contributed by atoms with E-state index in [2.05, 4.69) is 5.32 Å². The Kier molecular flexibility index (Phi) is 6.31. The fourth-order valence-electron chi connectivity index (χ4n) is 3.62. The summed E-state index contributed by atoms with van der Waals surface area (Å²) in [4.78, 5) is 23.1. The van der Waals surface area contributed by atoms with Crippen LogP contribution in [0.25, 0.3) is 0 Å². The normalized spacial score (nSPS) is 17.9. The summed E-state index contributed by atoms with van der Waals surface area (Å²) < 4.78 is 0. The maximum Gasteiger partial charge on any atom is 0.269 e. The Bertz CT molecular complexity index is 583. The van der Waals surface area contributed by atoms with Crippen LogP contribution in [-0.2, 0) is 4.79 Å². The summed E-state index contributed by atoms with van der Waals surface area (Å²) >= 11 is 0. The third-order valence-electron chi connectivity index (χ3n) is 5.11. The Balaban J connectivity index is 2.05. The van der Waals surface area contributed by atoms with Gasteiger partial charge in [0.1, 0.15) is 0 Å². The molecule has 2 rings (SSSR count). The highest BCUT2D eigenvalue weighted by molar-refractivity contribution is 5.77. The smallest absolute Gasteiger partial charge is 0.269 e. The maximum absolute atomic E-state index is 12.5. The van der Waals surface area contributed by atoms with Crippen LogP contribution in [0.3, 0.4) is 0 Å². The summed E-state index contributed by atoms with van der Waals surface area (Å²) in [6.45, 7) is 2.50. The monoisotopic (exact) mass is 333 g/mol. The maximum atomic E-state index is 12.5. The molecule has 0 aliphatic heterocycles. The molecule has 1 fully saturated rings. The van der Waals surface area contributed by atoms with Crippen LogP contribution in [-0.4, -0.2) is 17.4 Å². The van der Waals surface area contributed by atoms with Gasteiger partial charge in [0.2, 0.25) is 5.91 Å². The molecule has 1 atom stereocenters. The van der Waals surface area contributed by atoms with Crippen molar-refractivity contribution in [3.05, 3.63) is 39.9 Å². The molecule has 0 aromatic heterocycles. The van der Waals surface area contributed by atoms with E-state index >= 15 is 0 Å². The summed E-state index contributed by atoms with van der Waals surface area (Å²) in [5, 5.41) is 14.0. The molecule has 1 aromatic rings. The van der Waals surface area contributed by atoms with Gasteiger partial charge in [-0.25, -0.2) is 0 Å². The first-order chi connectivity index (χ1) is 11.5. The number of nitrogens with zero attached hydrogens (tertiary/aromatic N) is 1. The molecule has 1 unspecified atom stereocenters. The Hall–Kier alpha value is -1.95. The van der Waals surface area contributed by atoms with Crippen molar-refractivity contribution in [3.63, 3.8) is 0 Å². The van der Waals surface area contributed by atoms with Crippen LogP contribution in [0.15, 0.2) is 24.3 Å². The van der Waals surface area contributed by atoms with Crippen molar-refractivity contribution in [3.8, 4) is 0 Å². The molecule has 24 heavy (non-hydrogen) atoms. The molecule has 1 saturated carbocycles. The van der Waals surface area contributed by atoms with Gasteiger partial charge in [-0.15, -0.1) is 0 Å². The van der Waals surface area contributed by atoms with E-state index in [1.165, 1.54) is 18.6 Å². The van der Waals surface area contributed by atoms with E-state index in [0.717, 1.165) is 31.2 Å². The first-order valence-corrected chi connectivity index (χ1v) is 8.73. The third-order valence-corrected chi connectivity index (χ3v) is 5.11. The number of rotatable bonds is 7. The van der Waals surface area contributed by atoms with Crippen molar-refractivity contribution < 1.29 is 9.72 Å². The largest absolute Gasteiger partial charge is 0.349 e. The van der Waals surface area contributed by atoms with Crippen molar-refractivity contribution in [1.82, 2.24) is 5.32 Å². The minimum absolute atomic E-state index is 0.0132. The average Bonchev–Trinajstić information content (AvgIpc) is 2.60. The second-order valence-electron chi connectivity index (χ2n) is 6.82. The molecule has 1 aliphatic carbocycles. The Labute approximate surface area is 143 Å². The summed E-state index contributed by atoms with van der Waals surface area (Å²) in [7, 11) is 0. The molecule has 1 amide bonds. The van der Waals surface area contributed by atoms with Gasteiger partial charge in [-0.3, -0.25) is 14.9 Å². The van der Waals surface area contributed by atoms with Crippen molar-refractivity contribution in [2.45, 2.75) is 57.9 Å². The first kappa shape index (κ1) is 18.4. The van der Waals surface area contributed by atoms with Crippen LogP contribution < -0.4 is 11.1 Å². The van der Waals surface area contributed by atoms with Gasteiger partial charge in [0.25, 0.3) is 5.69 Å². The van der Waals surface area contributed by atoms with E-state index in [1.54, 1.807) is 6.07 Å². The van der Waals surface area contributed by atoms with Crippen LogP contribution in [0.5, 0.6) is 0 Å². The summed E-state index contributed by atoms with van der Waals surface area (Å²) in [6, 6.07) is 6.26. The van der Waals surface area contributed by atoms with Crippen molar-refractivity contribution in [1.29, 1.82) is 0 Å². The topological polar surface area (TPSA) is 98.3 Å². The van der Waals surface area contributed by atoms with Crippen molar-refractivity contribution in [2.75, 3.05) is 6.54 Å². The number of carbonyl (C=O) groups excluding carboxylic acids is 1. The molecule has 0 bridgehead atoms. The van der Waals surface area contributed by atoms with Crippen LogP contribution in [0.2, 0.25) is 0 Å². The Morgan fingerprint density at radius 1 is 1.38 bits per heavy atom. The van der Waals surface area contributed by atoms with Crippen molar-refractivity contribution >= 4 is 11.6 Å². The van der Waals surface area contributed by atoms with Gasteiger partial charge in [0.05, 0.1) is 11.0 Å². The molecular formula is C18H27N3O3. The number of nitro groups is 1. The first-order valence-electron chi connectivity index (χ1n) is 8.73. The Morgan fingerprint density at radius 2 is 2.08 bits per heavy atom. The highest BCUT2D eigenvalue weighted by atomic mass is 16.6. The van der Waals surface area contributed by atoms with Gasteiger partial charge < -0.3 is 11.1 Å². The minimum Gasteiger partial charge on any atom is -0.349 e. The molecule has 132 valence electrons. The van der Waals surface area contributed by atoms with E-state index in [0.29, 0.717) is 19.4 Å². The minimum atomic E-state index is -0.413. The molecule has 0 heterocycles. The molecule has 0 saturated heterocycles. The zero-order valence-electron chi connectivity index (χ0n) is 14.3. The lowest BCUT2D eigenvalue weighted by Gasteiger charge is -2.36. The number of nitro benzene ring substituents is 1.